The van der Waals surface area contributed by atoms with Gasteiger partial charge in [-0.2, -0.15) is 4.39 Å². The van der Waals surface area contributed by atoms with Crippen LogP contribution in [-0.2, 0) is 4.79 Å². The fourth-order valence-corrected chi connectivity index (χ4v) is 2.89. The topological polar surface area (TPSA) is 58.7 Å². The van der Waals surface area contributed by atoms with Gasteiger partial charge < -0.3 is 10.6 Å². The van der Waals surface area contributed by atoms with E-state index in [-0.39, 0.29) is 6.04 Å². The van der Waals surface area contributed by atoms with Gasteiger partial charge in [-0.05, 0) is 43.0 Å². The monoisotopic (exact) mass is 399 g/mol. The van der Waals surface area contributed by atoms with E-state index in [0.29, 0.717) is 23.4 Å². The Morgan fingerprint density at radius 2 is 1.89 bits per heavy atom. The first-order valence-electron chi connectivity index (χ1n) is 8.36. The minimum absolute atomic E-state index is 0.193. The number of hydrogen-bond donors (Lipinski definition) is 1. The third kappa shape index (κ3) is 4.71. The van der Waals surface area contributed by atoms with Gasteiger partial charge >= 0.3 is 0 Å². The first-order chi connectivity index (χ1) is 12.7. The molecule has 0 aromatic heterocycles. The molecule has 1 aliphatic rings. The number of carbonyl (C=O) groups is 1. The molecule has 1 aromatic rings. The van der Waals surface area contributed by atoms with Gasteiger partial charge in [0.1, 0.15) is 5.57 Å². The standard InChI is InChI=1S/C19H21ClF3N3O/c1-10(12-4-6-13(20)7-5-12)11(2)26(14-8-9-14)19(27)15(18(23)25-3)16(24)17(21)22/h4-7,11,14,17H,1,8-9,24H2,2-3H3. The lowest BCUT2D eigenvalue weighted by Gasteiger charge is -2.32. The Hall–Kier alpha value is -2.28. The van der Waals surface area contributed by atoms with Crippen LogP contribution in [0.5, 0.6) is 0 Å². The molecule has 0 bridgehead atoms. The van der Waals surface area contributed by atoms with Crippen molar-refractivity contribution in [3.05, 3.63) is 52.7 Å². The van der Waals surface area contributed by atoms with E-state index in [9.17, 15) is 18.0 Å². The number of carbonyl (C=O) groups excluding carboxylic acids is 1. The minimum Gasteiger partial charge on any atom is -0.397 e. The number of alkyl halides is 2. The Morgan fingerprint density at radius 3 is 2.33 bits per heavy atom. The summed E-state index contributed by atoms with van der Waals surface area (Å²) in [6, 6.07) is 6.10. The fourth-order valence-electron chi connectivity index (χ4n) is 2.76. The normalized spacial score (nSPS) is 16.8. The first kappa shape index (κ1) is 21.0. The lowest BCUT2D eigenvalue weighted by molar-refractivity contribution is -0.128. The third-order valence-electron chi connectivity index (χ3n) is 4.45. The number of nitrogens with two attached hydrogens (primary N) is 1. The molecule has 1 fully saturated rings. The molecule has 1 unspecified atom stereocenters. The molecule has 4 nitrogen and oxygen atoms in total. The average molecular weight is 400 g/mol. The number of halogens is 4. The molecule has 0 saturated heterocycles. The Morgan fingerprint density at radius 1 is 1.33 bits per heavy atom. The summed E-state index contributed by atoms with van der Waals surface area (Å²) in [5.41, 5.74) is 4.62. The van der Waals surface area contributed by atoms with Crippen LogP contribution in [0.4, 0.5) is 13.2 Å². The summed E-state index contributed by atoms with van der Waals surface area (Å²) in [6.45, 7) is 5.73. The van der Waals surface area contributed by atoms with Gasteiger partial charge in [-0.1, -0.05) is 30.3 Å². The van der Waals surface area contributed by atoms with Gasteiger partial charge in [0.25, 0.3) is 12.3 Å². The molecule has 27 heavy (non-hydrogen) atoms. The maximum Gasteiger partial charge on any atom is 0.278 e. The van der Waals surface area contributed by atoms with Crippen LogP contribution in [-0.4, -0.2) is 42.3 Å². The molecule has 8 heteroatoms. The van der Waals surface area contributed by atoms with Crippen LogP contribution in [0.25, 0.3) is 5.57 Å². The van der Waals surface area contributed by atoms with Gasteiger partial charge in [-0.3, -0.25) is 9.79 Å². The largest absolute Gasteiger partial charge is 0.397 e. The van der Waals surface area contributed by atoms with Crippen molar-refractivity contribution in [1.29, 1.82) is 0 Å². The summed E-state index contributed by atoms with van der Waals surface area (Å²) in [5.74, 6) is -2.23. The van der Waals surface area contributed by atoms with Gasteiger partial charge in [0, 0.05) is 18.1 Å². The van der Waals surface area contributed by atoms with Crippen LogP contribution in [0.1, 0.15) is 25.3 Å². The Balaban J connectivity index is 2.40. The summed E-state index contributed by atoms with van der Waals surface area (Å²) >= 11 is 5.89. The lowest BCUT2D eigenvalue weighted by atomic mass is 9.99. The molecular weight excluding hydrogens is 379 g/mol. The number of benzene rings is 1. The molecule has 0 heterocycles. The average Bonchev–Trinajstić information content (AvgIpc) is 3.46. The van der Waals surface area contributed by atoms with Crippen LogP contribution in [0, 0.1) is 0 Å². The molecule has 1 aliphatic carbocycles. The first-order valence-corrected chi connectivity index (χ1v) is 8.74. The molecular formula is C19H21ClF3N3O. The lowest BCUT2D eigenvalue weighted by Crippen LogP contribution is -2.43. The zero-order valence-electron chi connectivity index (χ0n) is 15.1. The van der Waals surface area contributed by atoms with Crippen LogP contribution in [0.3, 0.4) is 0 Å². The molecule has 1 atom stereocenters. The number of allylic oxidation sites excluding steroid dienone is 1. The van der Waals surface area contributed by atoms with E-state index in [1.807, 2.05) is 0 Å². The summed E-state index contributed by atoms with van der Waals surface area (Å²) < 4.78 is 40.3. The Labute approximate surface area is 161 Å². The van der Waals surface area contributed by atoms with Crippen molar-refractivity contribution in [2.75, 3.05) is 7.05 Å². The summed E-state index contributed by atoms with van der Waals surface area (Å²) in [6.07, 6.45) is -1.79. The maximum absolute atomic E-state index is 14.1. The van der Waals surface area contributed by atoms with E-state index < -0.39 is 35.6 Å². The number of aliphatic imine (C=N–C) groups is 1. The molecule has 0 aliphatic heterocycles. The maximum atomic E-state index is 14.1. The van der Waals surface area contributed by atoms with Crippen molar-refractivity contribution >= 4 is 29.0 Å². The molecule has 2 N–H and O–H groups in total. The van der Waals surface area contributed by atoms with Crippen LogP contribution in [0.2, 0.25) is 5.02 Å². The van der Waals surface area contributed by atoms with E-state index in [1.54, 1.807) is 31.2 Å². The van der Waals surface area contributed by atoms with E-state index in [4.69, 9.17) is 17.3 Å². The van der Waals surface area contributed by atoms with E-state index >= 15 is 0 Å². The molecule has 1 aromatic carbocycles. The zero-order valence-corrected chi connectivity index (χ0v) is 15.8. The summed E-state index contributed by atoms with van der Waals surface area (Å²) in [4.78, 5) is 17.6. The third-order valence-corrected chi connectivity index (χ3v) is 4.70. The highest BCUT2D eigenvalue weighted by atomic mass is 35.5. The number of hydrogen-bond acceptors (Lipinski definition) is 3. The van der Waals surface area contributed by atoms with Crippen molar-refractivity contribution in [2.45, 2.75) is 38.3 Å². The predicted molar refractivity (Wildman–Crippen MR) is 102 cm³/mol. The highest BCUT2D eigenvalue weighted by molar-refractivity contribution is 6.30. The van der Waals surface area contributed by atoms with Gasteiger partial charge in [0.2, 0.25) is 5.97 Å². The smallest absolute Gasteiger partial charge is 0.278 e. The van der Waals surface area contributed by atoms with Gasteiger partial charge in [-0.15, -0.1) is 0 Å². The van der Waals surface area contributed by atoms with Crippen molar-refractivity contribution < 1.29 is 18.0 Å². The molecule has 146 valence electrons. The summed E-state index contributed by atoms with van der Waals surface area (Å²) in [7, 11) is 1.07. The molecule has 0 radical (unpaired) electrons. The van der Waals surface area contributed by atoms with Crippen LogP contribution >= 0.6 is 11.6 Å². The van der Waals surface area contributed by atoms with E-state index in [0.717, 1.165) is 12.6 Å². The Kier molecular flexibility index (Phi) is 6.70. The van der Waals surface area contributed by atoms with Crippen LogP contribution in [0.15, 0.2) is 47.1 Å². The fraction of sp³-hybridized carbons (Fsp3) is 0.368. The van der Waals surface area contributed by atoms with Gasteiger partial charge in [0.15, 0.2) is 0 Å². The van der Waals surface area contributed by atoms with Gasteiger partial charge in [0.05, 0.1) is 11.7 Å². The number of rotatable bonds is 7. The SMILES string of the molecule is C=C(c1ccc(Cl)cc1)C(C)N(C(=O)C(C(F)=NC)=C(N)C(F)F)C1CC1. The number of amides is 1. The van der Waals surface area contributed by atoms with Crippen molar-refractivity contribution in [1.82, 2.24) is 4.90 Å². The van der Waals surface area contributed by atoms with E-state index in [1.165, 1.54) is 4.90 Å². The minimum atomic E-state index is -3.17. The second-order valence-corrected chi connectivity index (χ2v) is 6.73. The van der Waals surface area contributed by atoms with Gasteiger partial charge in [-0.25, -0.2) is 8.78 Å². The Bertz CT molecular complexity index is 786. The second kappa shape index (κ2) is 8.61. The predicted octanol–water partition coefficient (Wildman–Crippen LogP) is 4.21. The number of nitrogens with zero attached hydrogens (tertiary/aromatic N) is 2. The molecule has 1 amide bonds. The van der Waals surface area contributed by atoms with E-state index in [2.05, 4.69) is 11.6 Å². The molecule has 0 spiro atoms. The summed E-state index contributed by atoms with van der Waals surface area (Å²) in [5, 5.41) is 0.547. The zero-order chi connectivity index (χ0) is 20.3. The van der Waals surface area contributed by atoms with Crippen molar-refractivity contribution in [3.8, 4) is 0 Å². The highest BCUT2D eigenvalue weighted by Crippen LogP contribution is 2.34. The highest BCUT2D eigenvalue weighted by Gasteiger charge is 2.40. The quantitative estimate of drug-likeness (QED) is 0.551. The van der Waals surface area contributed by atoms with Crippen molar-refractivity contribution in [3.63, 3.8) is 0 Å². The van der Waals surface area contributed by atoms with Crippen LogP contribution < -0.4 is 5.73 Å². The molecule has 2 rings (SSSR count). The van der Waals surface area contributed by atoms with Crippen molar-refractivity contribution in [2.24, 2.45) is 10.7 Å². The second-order valence-electron chi connectivity index (χ2n) is 6.30. The molecule has 1 saturated carbocycles.